The first-order chi connectivity index (χ1) is 15.5. The lowest BCUT2D eigenvalue weighted by Gasteiger charge is -2.28. The molecule has 7 heteroatoms. The minimum absolute atomic E-state index is 0.0468. The van der Waals surface area contributed by atoms with Crippen LogP contribution in [0.15, 0.2) is 59.8 Å². The van der Waals surface area contributed by atoms with Crippen LogP contribution < -0.4 is 10.5 Å². The molecule has 1 aliphatic rings. The maximum atomic E-state index is 12.9. The first-order valence-corrected chi connectivity index (χ1v) is 11.1. The van der Waals surface area contributed by atoms with Crippen molar-refractivity contribution in [3.05, 3.63) is 81.5 Å². The largest absolute Gasteiger partial charge is 0.378 e. The minimum atomic E-state index is -0.0468. The summed E-state index contributed by atoms with van der Waals surface area (Å²) in [7, 11) is 1.98. The molecule has 0 radical (unpaired) electrons. The zero-order chi connectivity index (χ0) is 22.2. The molecule has 0 amide bonds. The Morgan fingerprint density at radius 2 is 1.94 bits per heavy atom. The van der Waals surface area contributed by atoms with E-state index in [1.807, 2.05) is 55.3 Å². The quantitative estimate of drug-likeness (QED) is 0.468. The molecule has 32 heavy (non-hydrogen) atoms. The SMILES string of the molecule is Cc1cc(Cl)cc(Cn2ccc(-c3cn(C)c4ncc(N5CCOCC5)cc34)cc2=O)c1. The second-order valence-electron chi connectivity index (χ2n) is 8.34. The summed E-state index contributed by atoms with van der Waals surface area (Å²) in [5, 5.41) is 1.73. The van der Waals surface area contributed by atoms with Crippen LogP contribution in [0.1, 0.15) is 11.1 Å². The first kappa shape index (κ1) is 20.8. The van der Waals surface area contributed by atoms with Crippen LogP contribution in [0, 0.1) is 6.92 Å². The van der Waals surface area contributed by atoms with Crippen LogP contribution in [0.2, 0.25) is 5.02 Å². The fraction of sp³-hybridized carbons (Fsp3) is 0.280. The highest BCUT2D eigenvalue weighted by Gasteiger charge is 2.16. The van der Waals surface area contributed by atoms with E-state index in [0.29, 0.717) is 11.6 Å². The number of hydrogen-bond donors (Lipinski definition) is 0. The van der Waals surface area contributed by atoms with Crippen molar-refractivity contribution in [3.8, 4) is 11.1 Å². The Morgan fingerprint density at radius 3 is 2.69 bits per heavy atom. The number of benzene rings is 1. The molecule has 0 atom stereocenters. The van der Waals surface area contributed by atoms with Gasteiger partial charge in [-0.15, -0.1) is 0 Å². The van der Waals surface area contributed by atoms with E-state index in [0.717, 1.165) is 65.3 Å². The van der Waals surface area contributed by atoms with Gasteiger partial charge in [-0.3, -0.25) is 4.79 Å². The third-order valence-corrected chi connectivity index (χ3v) is 6.16. The minimum Gasteiger partial charge on any atom is -0.378 e. The van der Waals surface area contributed by atoms with E-state index in [1.165, 1.54) is 0 Å². The first-order valence-electron chi connectivity index (χ1n) is 10.7. The average molecular weight is 449 g/mol. The molecule has 4 heterocycles. The smallest absolute Gasteiger partial charge is 0.251 e. The monoisotopic (exact) mass is 448 g/mol. The summed E-state index contributed by atoms with van der Waals surface area (Å²) in [6.07, 6.45) is 5.81. The molecule has 6 nitrogen and oxygen atoms in total. The number of morpholine rings is 1. The maximum absolute atomic E-state index is 12.9. The number of fused-ring (bicyclic) bond motifs is 1. The van der Waals surface area contributed by atoms with Gasteiger partial charge in [-0.25, -0.2) is 4.98 Å². The van der Waals surface area contributed by atoms with Gasteiger partial charge < -0.3 is 18.8 Å². The molecular weight excluding hydrogens is 424 g/mol. The molecule has 3 aromatic heterocycles. The van der Waals surface area contributed by atoms with Gasteiger partial charge in [0.1, 0.15) is 5.65 Å². The Hall–Kier alpha value is -3.09. The molecule has 0 spiro atoms. The summed E-state index contributed by atoms with van der Waals surface area (Å²) in [6.45, 7) is 5.65. The molecule has 0 bridgehead atoms. The molecule has 0 N–H and O–H groups in total. The standard InChI is InChI=1S/C25H25ClN4O2/c1-17-9-18(11-20(26)10-17)15-30-4-3-19(12-24(30)31)23-16-28(2)25-22(23)13-21(14-27-25)29-5-7-32-8-6-29/h3-4,9-14,16H,5-8,15H2,1-2H3. The van der Waals surface area contributed by atoms with Crippen LogP contribution in [0.5, 0.6) is 0 Å². The topological polar surface area (TPSA) is 52.3 Å². The summed E-state index contributed by atoms with van der Waals surface area (Å²) in [5.74, 6) is 0. The number of aryl methyl sites for hydroxylation is 2. The van der Waals surface area contributed by atoms with Gasteiger partial charge in [0.2, 0.25) is 0 Å². The van der Waals surface area contributed by atoms with Gasteiger partial charge in [0.15, 0.2) is 0 Å². The van der Waals surface area contributed by atoms with E-state index in [2.05, 4.69) is 17.0 Å². The van der Waals surface area contributed by atoms with Gasteiger partial charge in [0.05, 0.1) is 31.6 Å². The zero-order valence-electron chi connectivity index (χ0n) is 18.2. The molecule has 0 unspecified atom stereocenters. The molecule has 1 aliphatic heterocycles. The third-order valence-electron chi connectivity index (χ3n) is 5.94. The van der Waals surface area contributed by atoms with E-state index in [9.17, 15) is 4.79 Å². The summed E-state index contributed by atoms with van der Waals surface area (Å²) < 4.78 is 9.19. The summed E-state index contributed by atoms with van der Waals surface area (Å²) in [5.41, 5.74) is 5.92. The maximum Gasteiger partial charge on any atom is 0.251 e. The molecule has 1 saturated heterocycles. The Morgan fingerprint density at radius 1 is 1.12 bits per heavy atom. The van der Waals surface area contributed by atoms with Crippen molar-refractivity contribution in [3.63, 3.8) is 0 Å². The van der Waals surface area contributed by atoms with Crippen LogP contribution >= 0.6 is 11.6 Å². The van der Waals surface area contributed by atoms with E-state index in [4.69, 9.17) is 21.3 Å². The predicted molar refractivity (Wildman–Crippen MR) is 129 cm³/mol. The van der Waals surface area contributed by atoms with Crippen molar-refractivity contribution in [2.45, 2.75) is 13.5 Å². The molecule has 5 rings (SSSR count). The second-order valence-corrected chi connectivity index (χ2v) is 8.77. The molecule has 4 aromatic rings. The number of hydrogen-bond acceptors (Lipinski definition) is 4. The number of pyridine rings is 2. The van der Waals surface area contributed by atoms with Crippen LogP contribution in [-0.2, 0) is 18.3 Å². The van der Waals surface area contributed by atoms with Crippen LogP contribution in [0.3, 0.4) is 0 Å². The lowest BCUT2D eigenvalue weighted by Crippen LogP contribution is -2.36. The fourth-order valence-electron chi connectivity index (χ4n) is 4.38. The second kappa shape index (κ2) is 8.45. The summed E-state index contributed by atoms with van der Waals surface area (Å²) in [4.78, 5) is 19.9. The van der Waals surface area contributed by atoms with E-state index < -0.39 is 0 Å². The molecule has 0 aliphatic carbocycles. The van der Waals surface area contributed by atoms with Crippen molar-refractivity contribution in [2.24, 2.45) is 7.05 Å². The van der Waals surface area contributed by atoms with Crippen LogP contribution in [0.4, 0.5) is 5.69 Å². The number of rotatable bonds is 4. The number of ether oxygens (including phenoxy) is 1. The van der Waals surface area contributed by atoms with Crippen molar-refractivity contribution in [2.75, 3.05) is 31.2 Å². The lowest BCUT2D eigenvalue weighted by molar-refractivity contribution is 0.122. The van der Waals surface area contributed by atoms with Gasteiger partial charge in [-0.2, -0.15) is 0 Å². The third kappa shape index (κ3) is 4.04. The zero-order valence-corrected chi connectivity index (χ0v) is 19.0. The van der Waals surface area contributed by atoms with E-state index in [-0.39, 0.29) is 5.56 Å². The van der Waals surface area contributed by atoms with E-state index >= 15 is 0 Å². The van der Waals surface area contributed by atoms with Gasteiger partial charge in [-0.05, 0) is 47.9 Å². The van der Waals surface area contributed by atoms with Gasteiger partial charge in [0, 0.05) is 54.6 Å². The van der Waals surface area contributed by atoms with Crippen molar-refractivity contribution in [1.29, 1.82) is 0 Å². The summed E-state index contributed by atoms with van der Waals surface area (Å²) in [6, 6.07) is 11.7. The fourth-order valence-corrected chi connectivity index (χ4v) is 4.69. The molecule has 1 fully saturated rings. The molecule has 1 aromatic carbocycles. The molecule has 0 saturated carbocycles. The van der Waals surface area contributed by atoms with Gasteiger partial charge >= 0.3 is 0 Å². The van der Waals surface area contributed by atoms with Crippen LogP contribution in [0.25, 0.3) is 22.2 Å². The Balaban J connectivity index is 1.50. The summed E-state index contributed by atoms with van der Waals surface area (Å²) >= 11 is 6.18. The number of aromatic nitrogens is 3. The normalized spacial score (nSPS) is 14.3. The van der Waals surface area contributed by atoms with Gasteiger partial charge in [-0.1, -0.05) is 17.7 Å². The molecular formula is C25H25ClN4O2. The predicted octanol–water partition coefficient (Wildman–Crippen LogP) is 4.25. The van der Waals surface area contributed by atoms with Crippen LogP contribution in [-0.4, -0.2) is 40.4 Å². The van der Waals surface area contributed by atoms with E-state index in [1.54, 1.807) is 10.6 Å². The Kier molecular flexibility index (Phi) is 5.49. The highest BCUT2D eigenvalue weighted by Crippen LogP contribution is 2.31. The molecule has 164 valence electrons. The average Bonchev–Trinajstić information content (AvgIpc) is 3.11. The number of nitrogens with zero attached hydrogens (tertiary/aromatic N) is 4. The number of anilines is 1. The van der Waals surface area contributed by atoms with Crippen molar-refractivity contribution < 1.29 is 4.74 Å². The van der Waals surface area contributed by atoms with Crippen molar-refractivity contribution in [1.82, 2.24) is 14.1 Å². The highest BCUT2D eigenvalue weighted by molar-refractivity contribution is 6.30. The number of halogens is 1. The Labute approximate surface area is 191 Å². The lowest BCUT2D eigenvalue weighted by atomic mass is 10.1. The van der Waals surface area contributed by atoms with Gasteiger partial charge in [0.25, 0.3) is 5.56 Å². The van der Waals surface area contributed by atoms with Crippen molar-refractivity contribution >= 4 is 28.3 Å². The highest BCUT2D eigenvalue weighted by atomic mass is 35.5. The Bertz CT molecular complexity index is 1330.